The SMILES string of the molecule is OCCN1CCN(Cc2csc(Cc3ccccc3)n2)CC1. The Hall–Kier alpha value is -1.27. The van der Waals surface area contributed by atoms with E-state index in [2.05, 4.69) is 39.4 Å². The number of nitrogens with zero attached hydrogens (tertiary/aromatic N) is 3. The molecule has 1 saturated heterocycles. The maximum absolute atomic E-state index is 8.98. The van der Waals surface area contributed by atoms with Gasteiger partial charge in [0.15, 0.2) is 0 Å². The van der Waals surface area contributed by atoms with Crippen molar-refractivity contribution in [3.8, 4) is 0 Å². The predicted octanol–water partition coefficient (Wildman–Crippen LogP) is 1.84. The van der Waals surface area contributed by atoms with Crippen LogP contribution < -0.4 is 0 Å². The molecule has 0 spiro atoms. The molecule has 1 fully saturated rings. The molecule has 0 atom stereocenters. The molecule has 118 valence electrons. The number of rotatable bonds is 6. The van der Waals surface area contributed by atoms with Crippen LogP contribution in [0.4, 0.5) is 0 Å². The van der Waals surface area contributed by atoms with E-state index in [0.29, 0.717) is 0 Å². The first-order valence-corrected chi connectivity index (χ1v) is 8.74. The van der Waals surface area contributed by atoms with Crippen LogP contribution in [0.2, 0.25) is 0 Å². The van der Waals surface area contributed by atoms with Crippen LogP contribution >= 0.6 is 11.3 Å². The molecule has 0 bridgehead atoms. The molecule has 0 aliphatic carbocycles. The molecule has 1 aromatic heterocycles. The lowest BCUT2D eigenvalue weighted by Gasteiger charge is -2.33. The second-order valence-corrected chi connectivity index (χ2v) is 6.68. The minimum atomic E-state index is 0.259. The van der Waals surface area contributed by atoms with E-state index < -0.39 is 0 Å². The normalized spacial score (nSPS) is 17.0. The number of thiazole rings is 1. The van der Waals surface area contributed by atoms with Crippen LogP contribution in [-0.2, 0) is 13.0 Å². The molecule has 1 aromatic carbocycles. The van der Waals surface area contributed by atoms with Crippen molar-refractivity contribution in [2.45, 2.75) is 13.0 Å². The van der Waals surface area contributed by atoms with Gasteiger partial charge in [-0.05, 0) is 5.56 Å². The van der Waals surface area contributed by atoms with Gasteiger partial charge in [-0.1, -0.05) is 30.3 Å². The van der Waals surface area contributed by atoms with Gasteiger partial charge < -0.3 is 5.11 Å². The summed E-state index contributed by atoms with van der Waals surface area (Å²) in [6, 6.07) is 10.5. The highest BCUT2D eigenvalue weighted by molar-refractivity contribution is 7.09. The van der Waals surface area contributed by atoms with Crippen molar-refractivity contribution in [1.29, 1.82) is 0 Å². The van der Waals surface area contributed by atoms with Gasteiger partial charge in [0, 0.05) is 51.1 Å². The topological polar surface area (TPSA) is 39.6 Å². The van der Waals surface area contributed by atoms with Crippen molar-refractivity contribution in [2.75, 3.05) is 39.3 Å². The zero-order chi connectivity index (χ0) is 15.2. The van der Waals surface area contributed by atoms with Gasteiger partial charge in [0.05, 0.1) is 17.3 Å². The number of aromatic nitrogens is 1. The van der Waals surface area contributed by atoms with Gasteiger partial charge in [0.2, 0.25) is 0 Å². The van der Waals surface area contributed by atoms with Gasteiger partial charge in [-0.3, -0.25) is 9.80 Å². The summed E-state index contributed by atoms with van der Waals surface area (Å²) in [5.74, 6) is 0. The van der Waals surface area contributed by atoms with E-state index >= 15 is 0 Å². The van der Waals surface area contributed by atoms with Crippen molar-refractivity contribution < 1.29 is 5.11 Å². The van der Waals surface area contributed by atoms with E-state index in [1.807, 2.05) is 6.07 Å². The molecular weight excluding hydrogens is 294 g/mol. The molecule has 2 aromatic rings. The van der Waals surface area contributed by atoms with Crippen LogP contribution in [0, 0.1) is 0 Å². The van der Waals surface area contributed by atoms with Crippen LogP contribution in [0.5, 0.6) is 0 Å². The standard InChI is InChI=1S/C17H23N3OS/c21-11-10-19-6-8-20(9-7-19)13-16-14-22-17(18-16)12-15-4-2-1-3-5-15/h1-5,14,21H,6-13H2. The maximum Gasteiger partial charge on any atom is 0.0972 e. The van der Waals surface area contributed by atoms with Gasteiger partial charge in [-0.2, -0.15) is 0 Å². The van der Waals surface area contributed by atoms with E-state index in [-0.39, 0.29) is 6.61 Å². The van der Waals surface area contributed by atoms with Gasteiger partial charge in [-0.25, -0.2) is 4.98 Å². The van der Waals surface area contributed by atoms with Crippen LogP contribution in [0.3, 0.4) is 0 Å². The Balaban J connectivity index is 1.50. The fourth-order valence-corrected chi connectivity index (χ4v) is 3.63. The van der Waals surface area contributed by atoms with Crippen LogP contribution in [-0.4, -0.2) is 59.2 Å². The Bertz CT molecular complexity index is 564. The first-order valence-electron chi connectivity index (χ1n) is 7.86. The third-order valence-corrected chi connectivity index (χ3v) is 4.96. The third kappa shape index (κ3) is 4.36. The second kappa shape index (κ2) is 7.83. The number of aliphatic hydroxyl groups is 1. The Morgan fingerprint density at radius 3 is 2.50 bits per heavy atom. The van der Waals surface area contributed by atoms with E-state index in [4.69, 9.17) is 10.1 Å². The van der Waals surface area contributed by atoms with Gasteiger partial charge in [-0.15, -0.1) is 11.3 Å². The summed E-state index contributed by atoms with van der Waals surface area (Å²) >= 11 is 1.76. The fraction of sp³-hybridized carbons (Fsp3) is 0.471. The van der Waals surface area contributed by atoms with Crippen molar-refractivity contribution >= 4 is 11.3 Å². The summed E-state index contributed by atoms with van der Waals surface area (Å²) in [6.45, 7) is 6.21. The summed E-state index contributed by atoms with van der Waals surface area (Å²) in [5, 5.41) is 12.4. The van der Waals surface area contributed by atoms with Gasteiger partial charge in [0.1, 0.15) is 0 Å². The Morgan fingerprint density at radius 2 is 1.77 bits per heavy atom. The van der Waals surface area contributed by atoms with Crippen LogP contribution in [0.15, 0.2) is 35.7 Å². The molecule has 1 aliphatic heterocycles. The van der Waals surface area contributed by atoms with Crippen molar-refractivity contribution in [3.05, 3.63) is 52.0 Å². The molecule has 2 heterocycles. The number of hydrogen-bond acceptors (Lipinski definition) is 5. The highest BCUT2D eigenvalue weighted by atomic mass is 32.1. The summed E-state index contributed by atoms with van der Waals surface area (Å²) in [4.78, 5) is 9.55. The Morgan fingerprint density at radius 1 is 1.05 bits per heavy atom. The molecule has 22 heavy (non-hydrogen) atoms. The molecule has 4 nitrogen and oxygen atoms in total. The second-order valence-electron chi connectivity index (χ2n) is 5.74. The summed E-state index contributed by atoms with van der Waals surface area (Å²) < 4.78 is 0. The molecule has 1 N–H and O–H groups in total. The molecule has 0 unspecified atom stereocenters. The van der Waals surface area contributed by atoms with Gasteiger partial charge >= 0.3 is 0 Å². The highest BCUT2D eigenvalue weighted by Crippen LogP contribution is 2.16. The summed E-state index contributed by atoms with van der Waals surface area (Å²) in [5.41, 5.74) is 2.51. The average Bonchev–Trinajstić information content (AvgIpc) is 2.98. The average molecular weight is 317 g/mol. The van der Waals surface area contributed by atoms with Crippen molar-refractivity contribution in [1.82, 2.24) is 14.8 Å². The number of piperazine rings is 1. The maximum atomic E-state index is 8.98. The lowest BCUT2D eigenvalue weighted by molar-refractivity contribution is 0.108. The summed E-state index contributed by atoms with van der Waals surface area (Å²) in [7, 11) is 0. The highest BCUT2D eigenvalue weighted by Gasteiger charge is 2.17. The molecule has 3 rings (SSSR count). The monoisotopic (exact) mass is 317 g/mol. The smallest absolute Gasteiger partial charge is 0.0972 e. The minimum absolute atomic E-state index is 0.259. The predicted molar refractivity (Wildman–Crippen MR) is 90.2 cm³/mol. The largest absolute Gasteiger partial charge is 0.395 e. The van der Waals surface area contributed by atoms with E-state index in [1.54, 1.807) is 11.3 Å². The molecular formula is C17H23N3OS. The number of aliphatic hydroxyl groups excluding tert-OH is 1. The summed E-state index contributed by atoms with van der Waals surface area (Å²) in [6.07, 6.45) is 0.926. The zero-order valence-corrected chi connectivity index (χ0v) is 13.6. The van der Waals surface area contributed by atoms with Gasteiger partial charge in [0.25, 0.3) is 0 Å². The van der Waals surface area contributed by atoms with E-state index in [0.717, 1.165) is 45.7 Å². The third-order valence-electron chi connectivity index (χ3n) is 4.06. The molecule has 0 saturated carbocycles. The number of benzene rings is 1. The first kappa shape index (κ1) is 15.6. The van der Waals surface area contributed by atoms with E-state index in [9.17, 15) is 0 Å². The van der Waals surface area contributed by atoms with Crippen LogP contribution in [0.1, 0.15) is 16.3 Å². The minimum Gasteiger partial charge on any atom is -0.395 e. The Labute approximate surface area is 136 Å². The van der Waals surface area contributed by atoms with Crippen molar-refractivity contribution in [3.63, 3.8) is 0 Å². The quantitative estimate of drug-likeness (QED) is 0.882. The molecule has 0 radical (unpaired) electrons. The number of β-amino-alcohol motifs (C(OH)–C–C–N with tert-alkyl or cyclic N) is 1. The fourth-order valence-electron chi connectivity index (χ4n) is 2.81. The number of hydrogen-bond donors (Lipinski definition) is 1. The molecule has 5 heteroatoms. The van der Waals surface area contributed by atoms with Crippen molar-refractivity contribution in [2.24, 2.45) is 0 Å². The molecule has 1 aliphatic rings. The lowest BCUT2D eigenvalue weighted by Crippen LogP contribution is -2.46. The first-order chi connectivity index (χ1) is 10.8. The zero-order valence-electron chi connectivity index (χ0n) is 12.8. The molecule has 0 amide bonds. The van der Waals surface area contributed by atoms with E-state index in [1.165, 1.54) is 16.3 Å². The van der Waals surface area contributed by atoms with Crippen LogP contribution in [0.25, 0.3) is 0 Å². The lowest BCUT2D eigenvalue weighted by atomic mass is 10.2. The Kier molecular flexibility index (Phi) is 5.56.